The molecule has 0 bridgehead atoms. The fourth-order valence-electron chi connectivity index (χ4n) is 3.50. The Balaban J connectivity index is 1.74. The number of benzene rings is 1. The van der Waals surface area contributed by atoms with Crippen molar-refractivity contribution < 1.29 is 14.1 Å². The van der Waals surface area contributed by atoms with Crippen molar-refractivity contribution >= 4 is 47.4 Å². The molecule has 0 radical (unpaired) electrons. The van der Waals surface area contributed by atoms with Crippen LogP contribution >= 0.6 is 23.2 Å². The largest absolute Gasteiger partial charge is 0.498 e. The highest BCUT2D eigenvalue weighted by Crippen LogP contribution is 2.37. The Hall–Kier alpha value is -1.54. The van der Waals surface area contributed by atoms with E-state index in [1.54, 1.807) is 34.0 Å². The molecule has 2 aliphatic rings. The van der Waals surface area contributed by atoms with E-state index in [1.165, 1.54) is 0 Å². The molecule has 1 unspecified atom stereocenters. The third kappa shape index (κ3) is 2.96. The summed E-state index contributed by atoms with van der Waals surface area (Å²) in [4.78, 5) is 15.1. The van der Waals surface area contributed by atoms with Crippen LogP contribution < -0.4 is 10.4 Å². The number of hydrogen-bond donors (Lipinski definition) is 0. The number of rotatable bonds is 2. The maximum atomic E-state index is 13.4. The zero-order chi connectivity index (χ0) is 20.4. The van der Waals surface area contributed by atoms with Crippen LogP contribution in [0, 0.1) is 0 Å². The topological polar surface area (TPSA) is 56.6 Å². The summed E-state index contributed by atoms with van der Waals surface area (Å²) in [5, 5.41) is 5.31. The molecule has 0 aliphatic carbocycles. The van der Waals surface area contributed by atoms with Crippen molar-refractivity contribution in [2.24, 2.45) is 0 Å². The van der Waals surface area contributed by atoms with E-state index in [-0.39, 0.29) is 11.9 Å². The highest BCUT2D eigenvalue weighted by Gasteiger charge is 2.53. The normalized spacial score (nSPS) is 23.2. The van der Waals surface area contributed by atoms with Gasteiger partial charge in [0.2, 0.25) is 0 Å². The second-order valence-electron chi connectivity index (χ2n) is 8.34. The monoisotopic (exact) mass is 421 g/mol. The van der Waals surface area contributed by atoms with Crippen LogP contribution in [0.15, 0.2) is 24.4 Å². The Kier molecular flexibility index (Phi) is 4.58. The molecule has 1 amide bonds. The van der Waals surface area contributed by atoms with Gasteiger partial charge in [-0.2, -0.15) is 5.10 Å². The van der Waals surface area contributed by atoms with Crippen molar-refractivity contribution in [1.29, 1.82) is 0 Å². The lowest BCUT2D eigenvalue weighted by Crippen LogP contribution is -2.47. The Morgan fingerprint density at radius 1 is 1.14 bits per heavy atom. The molecular weight excluding hydrogens is 400 g/mol. The second kappa shape index (κ2) is 6.49. The molecule has 148 valence electrons. The molecule has 0 spiro atoms. The summed E-state index contributed by atoms with van der Waals surface area (Å²) < 4.78 is 14.0. The van der Waals surface area contributed by atoms with E-state index >= 15 is 0 Å². The average Bonchev–Trinajstić information content (AvgIpc) is 3.13. The van der Waals surface area contributed by atoms with Crippen molar-refractivity contribution in [1.82, 2.24) is 9.78 Å². The lowest BCUT2D eigenvalue weighted by Gasteiger charge is -2.32. The first-order chi connectivity index (χ1) is 13.0. The number of amides is 1. The van der Waals surface area contributed by atoms with Gasteiger partial charge in [0.15, 0.2) is 0 Å². The number of fused-ring (bicyclic) bond motifs is 1. The first-order valence-electron chi connectivity index (χ1n) is 9.22. The van der Waals surface area contributed by atoms with Gasteiger partial charge in [0.1, 0.15) is 5.69 Å². The van der Waals surface area contributed by atoms with E-state index in [9.17, 15) is 4.79 Å². The summed E-state index contributed by atoms with van der Waals surface area (Å²) in [6.07, 6.45) is 1.67. The molecule has 4 rings (SSSR count). The van der Waals surface area contributed by atoms with Crippen molar-refractivity contribution in [2.45, 2.75) is 51.9 Å². The molecule has 28 heavy (non-hydrogen) atoms. The summed E-state index contributed by atoms with van der Waals surface area (Å²) in [6.45, 7) is 10.4. The SMILES string of the molecule is CC1CN(c2ccc(Cl)c(Cl)c2)C(=O)c2c(B3OC(C)(C)C(C)(C)O3)cnn21. The molecule has 1 aromatic heterocycles. The zero-order valence-corrected chi connectivity index (χ0v) is 18.0. The Morgan fingerprint density at radius 2 is 1.79 bits per heavy atom. The van der Waals surface area contributed by atoms with Crippen LogP contribution in [-0.4, -0.2) is 40.6 Å². The standard InChI is InChI=1S/C19H22BCl2N3O3/c1-11-10-24(12-6-7-14(21)15(22)8-12)17(26)16-13(9-23-25(11)16)20-27-18(2,3)19(4,5)28-20/h6-9,11H,10H2,1-5H3. The van der Waals surface area contributed by atoms with E-state index in [2.05, 4.69) is 5.10 Å². The van der Waals surface area contributed by atoms with Crippen LogP contribution in [0.25, 0.3) is 0 Å². The van der Waals surface area contributed by atoms with E-state index in [0.29, 0.717) is 33.4 Å². The summed E-state index contributed by atoms with van der Waals surface area (Å²) in [6, 6.07) is 5.17. The first-order valence-corrected chi connectivity index (χ1v) is 9.97. The van der Waals surface area contributed by atoms with Gasteiger partial charge in [-0.3, -0.25) is 9.48 Å². The molecule has 1 atom stereocenters. The Morgan fingerprint density at radius 3 is 2.39 bits per heavy atom. The smallest absolute Gasteiger partial charge is 0.399 e. The van der Waals surface area contributed by atoms with Gasteiger partial charge < -0.3 is 14.2 Å². The highest BCUT2D eigenvalue weighted by molar-refractivity contribution is 6.63. The third-order valence-corrected chi connectivity index (χ3v) is 6.60. The van der Waals surface area contributed by atoms with Gasteiger partial charge in [-0.25, -0.2) is 0 Å². The van der Waals surface area contributed by atoms with Gasteiger partial charge in [-0.15, -0.1) is 0 Å². The minimum atomic E-state index is -0.654. The molecule has 0 N–H and O–H groups in total. The summed E-state index contributed by atoms with van der Waals surface area (Å²) in [5.41, 5.74) is 0.806. The van der Waals surface area contributed by atoms with Crippen molar-refractivity contribution in [2.75, 3.05) is 11.4 Å². The van der Waals surface area contributed by atoms with Crippen LogP contribution in [0.3, 0.4) is 0 Å². The minimum Gasteiger partial charge on any atom is -0.399 e. The predicted octanol–water partition coefficient (Wildman–Crippen LogP) is 3.71. The molecule has 9 heteroatoms. The van der Waals surface area contributed by atoms with Crippen LogP contribution in [0.2, 0.25) is 10.0 Å². The van der Waals surface area contributed by atoms with Crippen molar-refractivity contribution in [3.8, 4) is 0 Å². The van der Waals surface area contributed by atoms with Gasteiger partial charge >= 0.3 is 7.12 Å². The number of halogens is 2. The Bertz CT molecular complexity index is 944. The molecular formula is C19H22BCl2N3O3. The molecule has 3 heterocycles. The third-order valence-electron chi connectivity index (χ3n) is 5.86. The molecule has 0 saturated carbocycles. The summed E-state index contributed by atoms with van der Waals surface area (Å²) >= 11 is 12.2. The maximum Gasteiger partial charge on any atom is 0.498 e. The number of nitrogens with zero attached hydrogens (tertiary/aromatic N) is 3. The molecule has 6 nitrogen and oxygen atoms in total. The summed E-state index contributed by atoms with van der Waals surface area (Å²) in [7, 11) is -0.654. The van der Waals surface area contributed by atoms with E-state index < -0.39 is 18.3 Å². The van der Waals surface area contributed by atoms with Crippen LogP contribution in [-0.2, 0) is 9.31 Å². The van der Waals surface area contributed by atoms with Crippen LogP contribution in [0.4, 0.5) is 5.69 Å². The lowest BCUT2D eigenvalue weighted by molar-refractivity contribution is 0.00578. The predicted molar refractivity (Wildman–Crippen MR) is 111 cm³/mol. The molecule has 1 aromatic carbocycles. The Labute approximate surface area is 174 Å². The van der Waals surface area contributed by atoms with Gasteiger partial charge in [-0.05, 0) is 52.8 Å². The first kappa shape index (κ1) is 19.8. The second-order valence-corrected chi connectivity index (χ2v) is 9.16. The average molecular weight is 422 g/mol. The number of aromatic nitrogens is 2. The number of anilines is 1. The van der Waals surface area contributed by atoms with Gasteiger partial charge in [0.05, 0.1) is 27.3 Å². The number of carbonyl (C=O) groups excluding carboxylic acids is 1. The molecule has 2 aliphatic heterocycles. The van der Waals surface area contributed by atoms with E-state index in [4.69, 9.17) is 32.5 Å². The summed E-state index contributed by atoms with van der Waals surface area (Å²) in [5.74, 6) is -0.168. The lowest BCUT2D eigenvalue weighted by atomic mass is 9.78. The highest BCUT2D eigenvalue weighted by atomic mass is 35.5. The quantitative estimate of drug-likeness (QED) is 0.693. The molecule has 1 fully saturated rings. The van der Waals surface area contributed by atoms with E-state index in [1.807, 2.05) is 34.6 Å². The molecule has 1 saturated heterocycles. The fourth-order valence-corrected chi connectivity index (χ4v) is 3.79. The van der Waals surface area contributed by atoms with Crippen molar-refractivity contribution in [3.05, 3.63) is 40.1 Å². The van der Waals surface area contributed by atoms with Crippen LogP contribution in [0.5, 0.6) is 0 Å². The van der Waals surface area contributed by atoms with Crippen molar-refractivity contribution in [3.63, 3.8) is 0 Å². The maximum absolute atomic E-state index is 13.4. The van der Waals surface area contributed by atoms with E-state index in [0.717, 1.165) is 0 Å². The van der Waals surface area contributed by atoms with Crippen LogP contribution in [0.1, 0.15) is 51.1 Å². The fraction of sp³-hybridized carbons (Fsp3) is 0.474. The van der Waals surface area contributed by atoms with Gasteiger partial charge in [0, 0.05) is 23.9 Å². The molecule has 2 aromatic rings. The minimum absolute atomic E-state index is 0.0154. The van der Waals surface area contributed by atoms with Gasteiger partial charge in [-0.1, -0.05) is 23.2 Å². The zero-order valence-electron chi connectivity index (χ0n) is 16.5. The van der Waals surface area contributed by atoms with Gasteiger partial charge in [0.25, 0.3) is 5.91 Å². The number of hydrogen-bond acceptors (Lipinski definition) is 4. The number of carbonyl (C=O) groups is 1.